The summed E-state index contributed by atoms with van der Waals surface area (Å²) in [6, 6.07) is 9.38. The quantitative estimate of drug-likeness (QED) is 0.863. The maximum Gasteiger partial charge on any atom is 0.119 e. The van der Waals surface area contributed by atoms with Crippen LogP contribution < -0.4 is 10.1 Å². The normalized spacial score (nSPS) is 20.3. The third kappa shape index (κ3) is 3.97. The lowest BCUT2D eigenvalue weighted by Crippen LogP contribution is -2.40. The van der Waals surface area contributed by atoms with Gasteiger partial charge in [-0.1, -0.05) is 12.1 Å². The van der Waals surface area contributed by atoms with E-state index in [9.17, 15) is 0 Å². The zero-order valence-electron chi connectivity index (χ0n) is 12.5. The Labute approximate surface area is 122 Å². The van der Waals surface area contributed by atoms with Gasteiger partial charge in [-0.15, -0.1) is 0 Å². The first-order valence-electron chi connectivity index (χ1n) is 7.94. The highest BCUT2D eigenvalue weighted by Crippen LogP contribution is 2.29. The lowest BCUT2D eigenvalue weighted by atomic mass is 10.0. The standard InChI is InChI=1S/C17H26N2O/c1-19(16-8-10-18-11-9-16)12-14-4-6-17(7-5-14)20-13-15-2-3-15/h4-7,15-16,18H,2-3,8-13H2,1H3. The molecular weight excluding hydrogens is 248 g/mol. The molecule has 3 rings (SSSR count). The van der Waals surface area contributed by atoms with E-state index >= 15 is 0 Å². The topological polar surface area (TPSA) is 24.5 Å². The molecule has 0 amide bonds. The van der Waals surface area contributed by atoms with Crippen LogP contribution in [0.3, 0.4) is 0 Å². The van der Waals surface area contributed by atoms with Gasteiger partial charge >= 0.3 is 0 Å². The molecule has 0 aromatic heterocycles. The van der Waals surface area contributed by atoms with Crippen LogP contribution in [-0.4, -0.2) is 37.7 Å². The maximum atomic E-state index is 5.78. The van der Waals surface area contributed by atoms with Gasteiger partial charge in [0.2, 0.25) is 0 Å². The zero-order valence-corrected chi connectivity index (χ0v) is 12.5. The third-order valence-electron chi connectivity index (χ3n) is 4.47. The predicted octanol–water partition coefficient (Wildman–Crippen LogP) is 2.66. The summed E-state index contributed by atoms with van der Waals surface area (Å²) in [6.07, 6.45) is 5.22. The average molecular weight is 274 g/mol. The number of rotatable bonds is 6. The second-order valence-electron chi connectivity index (χ2n) is 6.29. The molecule has 110 valence electrons. The Morgan fingerprint density at radius 1 is 1.10 bits per heavy atom. The van der Waals surface area contributed by atoms with Crippen molar-refractivity contribution in [2.75, 3.05) is 26.7 Å². The summed E-state index contributed by atoms with van der Waals surface area (Å²) in [5, 5.41) is 3.43. The van der Waals surface area contributed by atoms with Crippen LogP contribution in [0.25, 0.3) is 0 Å². The van der Waals surface area contributed by atoms with Gasteiger partial charge in [0.25, 0.3) is 0 Å². The first kappa shape index (κ1) is 13.9. The molecule has 1 saturated heterocycles. The Morgan fingerprint density at radius 3 is 2.45 bits per heavy atom. The van der Waals surface area contributed by atoms with Crippen molar-refractivity contribution < 1.29 is 4.74 Å². The Kier molecular flexibility index (Phi) is 4.58. The molecule has 3 nitrogen and oxygen atoms in total. The molecule has 1 heterocycles. The van der Waals surface area contributed by atoms with Crippen molar-refractivity contribution in [3.05, 3.63) is 29.8 Å². The van der Waals surface area contributed by atoms with Gasteiger partial charge in [0.15, 0.2) is 0 Å². The van der Waals surface area contributed by atoms with E-state index in [-0.39, 0.29) is 0 Å². The smallest absolute Gasteiger partial charge is 0.119 e. The van der Waals surface area contributed by atoms with Crippen LogP contribution in [0.2, 0.25) is 0 Å². The molecule has 1 aliphatic carbocycles. The van der Waals surface area contributed by atoms with E-state index in [1.54, 1.807) is 0 Å². The van der Waals surface area contributed by atoms with Crippen LogP contribution in [0.4, 0.5) is 0 Å². The van der Waals surface area contributed by atoms with E-state index in [2.05, 4.69) is 41.5 Å². The second-order valence-corrected chi connectivity index (χ2v) is 6.29. The number of benzene rings is 1. The molecule has 1 saturated carbocycles. The van der Waals surface area contributed by atoms with Gasteiger partial charge < -0.3 is 10.1 Å². The number of ether oxygens (including phenoxy) is 1. The van der Waals surface area contributed by atoms with Crippen LogP contribution in [0.15, 0.2) is 24.3 Å². The number of piperidine rings is 1. The van der Waals surface area contributed by atoms with Crippen molar-refractivity contribution in [2.24, 2.45) is 5.92 Å². The predicted molar refractivity (Wildman–Crippen MR) is 82.0 cm³/mol. The zero-order chi connectivity index (χ0) is 13.8. The fourth-order valence-electron chi connectivity index (χ4n) is 2.85. The number of hydrogen-bond acceptors (Lipinski definition) is 3. The highest BCUT2D eigenvalue weighted by atomic mass is 16.5. The van der Waals surface area contributed by atoms with Gasteiger partial charge in [-0.3, -0.25) is 4.90 Å². The molecule has 20 heavy (non-hydrogen) atoms. The summed E-state index contributed by atoms with van der Waals surface area (Å²) in [7, 11) is 2.24. The molecule has 2 aliphatic rings. The first-order valence-corrected chi connectivity index (χ1v) is 7.94. The maximum absolute atomic E-state index is 5.78. The lowest BCUT2D eigenvalue weighted by Gasteiger charge is -2.31. The minimum Gasteiger partial charge on any atom is -0.493 e. The Balaban J connectivity index is 1.48. The summed E-state index contributed by atoms with van der Waals surface area (Å²) in [5.74, 6) is 1.84. The Hall–Kier alpha value is -1.06. The van der Waals surface area contributed by atoms with Crippen molar-refractivity contribution in [2.45, 2.75) is 38.3 Å². The minimum atomic E-state index is 0.724. The van der Waals surface area contributed by atoms with E-state index in [4.69, 9.17) is 4.74 Å². The summed E-state index contributed by atoms with van der Waals surface area (Å²) in [5.41, 5.74) is 1.38. The van der Waals surface area contributed by atoms with E-state index < -0.39 is 0 Å². The molecule has 1 N–H and O–H groups in total. The number of nitrogens with zero attached hydrogens (tertiary/aromatic N) is 1. The molecule has 1 aromatic carbocycles. The molecule has 0 atom stereocenters. The van der Waals surface area contributed by atoms with Gasteiger partial charge in [-0.05, 0) is 69.4 Å². The summed E-state index contributed by atoms with van der Waals surface area (Å²) < 4.78 is 5.78. The molecule has 0 unspecified atom stereocenters. The van der Waals surface area contributed by atoms with Gasteiger partial charge in [0, 0.05) is 12.6 Å². The van der Waals surface area contributed by atoms with E-state index in [0.717, 1.165) is 44.0 Å². The van der Waals surface area contributed by atoms with E-state index in [0.29, 0.717) is 0 Å². The van der Waals surface area contributed by atoms with Crippen LogP contribution in [0, 0.1) is 5.92 Å². The third-order valence-corrected chi connectivity index (χ3v) is 4.47. The van der Waals surface area contributed by atoms with Gasteiger partial charge in [0.1, 0.15) is 5.75 Å². The molecule has 2 fully saturated rings. The minimum absolute atomic E-state index is 0.724. The van der Waals surface area contributed by atoms with Crippen molar-refractivity contribution >= 4 is 0 Å². The molecule has 1 aromatic rings. The fraction of sp³-hybridized carbons (Fsp3) is 0.647. The van der Waals surface area contributed by atoms with Crippen molar-refractivity contribution in [3.63, 3.8) is 0 Å². The molecule has 3 heteroatoms. The Morgan fingerprint density at radius 2 is 1.80 bits per heavy atom. The first-order chi connectivity index (χ1) is 9.81. The molecule has 1 aliphatic heterocycles. The van der Waals surface area contributed by atoms with Crippen LogP contribution >= 0.6 is 0 Å². The van der Waals surface area contributed by atoms with Crippen LogP contribution in [0.1, 0.15) is 31.2 Å². The van der Waals surface area contributed by atoms with Crippen molar-refractivity contribution in [1.29, 1.82) is 0 Å². The molecule has 0 spiro atoms. The molecule has 0 bridgehead atoms. The SMILES string of the molecule is CN(Cc1ccc(OCC2CC2)cc1)C1CCNCC1. The second kappa shape index (κ2) is 6.59. The van der Waals surface area contributed by atoms with Gasteiger partial charge in [-0.25, -0.2) is 0 Å². The van der Waals surface area contributed by atoms with Crippen molar-refractivity contribution in [3.8, 4) is 5.75 Å². The van der Waals surface area contributed by atoms with Crippen molar-refractivity contribution in [1.82, 2.24) is 10.2 Å². The van der Waals surface area contributed by atoms with Gasteiger partial charge in [-0.2, -0.15) is 0 Å². The van der Waals surface area contributed by atoms with E-state index in [1.165, 1.54) is 31.2 Å². The molecule has 0 radical (unpaired) electrons. The fourth-order valence-corrected chi connectivity index (χ4v) is 2.85. The average Bonchev–Trinajstić information content (AvgIpc) is 3.32. The Bertz CT molecular complexity index is 408. The van der Waals surface area contributed by atoms with Crippen LogP contribution in [-0.2, 0) is 6.54 Å². The molecular formula is C17H26N2O. The summed E-state index contributed by atoms with van der Waals surface area (Å²) >= 11 is 0. The number of nitrogens with one attached hydrogen (secondary N) is 1. The summed E-state index contributed by atoms with van der Waals surface area (Å²) in [6.45, 7) is 4.24. The van der Waals surface area contributed by atoms with Crippen LogP contribution in [0.5, 0.6) is 5.75 Å². The number of hydrogen-bond donors (Lipinski definition) is 1. The highest BCUT2D eigenvalue weighted by Gasteiger charge is 2.22. The monoisotopic (exact) mass is 274 g/mol. The highest BCUT2D eigenvalue weighted by molar-refractivity contribution is 5.27. The van der Waals surface area contributed by atoms with Gasteiger partial charge in [0.05, 0.1) is 6.61 Å². The summed E-state index contributed by atoms with van der Waals surface area (Å²) in [4.78, 5) is 2.49. The lowest BCUT2D eigenvalue weighted by molar-refractivity contribution is 0.191. The van der Waals surface area contributed by atoms with E-state index in [1.807, 2.05) is 0 Å². The largest absolute Gasteiger partial charge is 0.493 e.